The maximum absolute atomic E-state index is 10.7. The average molecular weight is 305 g/mol. The molecule has 0 spiro atoms. The fraction of sp³-hybridized carbons (Fsp3) is 0.312. The first kappa shape index (κ1) is 14.2. The number of halogens is 1. The van der Waals surface area contributed by atoms with Gasteiger partial charge in [-0.1, -0.05) is 43.6 Å². The smallest absolute Gasteiger partial charge is 0.141 e. The Kier molecular flexibility index (Phi) is 3.51. The van der Waals surface area contributed by atoms with Crippen molar-refractivity contribution in [2.24, 2.45) is 7.05 Å². The minimum Gasteiger partial charge on any atom is -0.458 e. The first-order valence-corrected chi connectivity index (χ1v) is 7.25. The number of aryl methyl sites for hydroxylation is 1. The second kappa shape index (κ2) is 5.20. The molecule has 1 N–H and O–H groups in total. The van der Waals surface area contributed by atoms with Crippen molar-refractivity contribution in [3.63, 3.8) is 0 Å². The average Bonchev–Trinajstić information content (AvgIpc) is 3.00. The highest BCUT2D eigenvalue weighted by atomic mass is 35.5. The minimum absolute atomic E-state index is 0.165. The Morgan fingerprint density at radius 3 is 2.67 bits per heavy atom. The lowest BCUT2D eigenvalue weighted by Gasteiger charge is -2.10. The number of furan rings is 1. The molecule has 2 heterocycles. The van der Waals surface area contributed by atoms with Gasteiger partial charge in [0, 0.05) is 18.0 Å². The summed E-state index contributed by atoms with van der Waals surface area (Å²) in [5.41, 5.74) is 2.15. The number of nitrogens with zero attached hydrogens (tertiary/aromatic N) is 2. The predicted octanol–water partition coefficient (Wildman–Crippen LogP) is 4.02. The van der Waals surface area contributed by atoms with Crippen molar-refractivity contribution in [2.75, 3.05) is 0 Å². The molecule has 5 heteroatoms. The zero-order chi connectivity index (χ0) is 15.1. The van der Waals surface area contributed by atoms with Crippen LogP contribution >= 0.6 is 11.6 Å². The van der Waals surface area contributed by atoms with Crippen molar-refractivity contribution < 1.29 is 9.52 Å². The van der Waals surface area contributed by atoms with Crippen molar-refractivity contribution in [3.8, 4) is 0 Å². The van der Waals surface area contributed by atoms with Crippen molar-refractivity contribution in [2.45, 2.75) is 25.9 Å². The highest BCUT2D eigenvalue weighted by molar-refractivity contribution is 6.30. The summed E-state index contributed by atoms with van der Waals surface area (Å²) >= 11 is 6.30. The highest BCUT2D eigenvalue weighted by Crippen LogP contribution is 2.36. The Morgan fingerprint density at radius 2 is 2.00 bits per heavy atom. The topological polar surface area (TPSA) is 51.2 Å². The maximum Gasteiger partial charge on any atom is 0.141 e. The van der Waals surface area contributed by atoms with Gasteiger partial charge in [0.05, 0.1) is 5.69 Å². The van der Waals surface area contributed by atoms with Gasteiger partial charge in [0.2, 0.25) is 0 Å². The number of aliphatic hydroxyl groups excluding tert-OH is 1. The van der Waals surface area contributed by atoms with Crippen LogP contribution in [-0.2, 0) is 7.05 Å². The van der Waals surface area contributed by atoms with Crippen LogP contribution in [0.3, 0.4) is 0 Å². The fourth-order valence-corrected chi connectivity index (χ4v) is 2.74. The third kappa shape index (κ3) is 2.34. The lowest BCUT2D eigenvalue weighted by molar-refractivity contribution is 0.191. The number of hydrogen-bond acceptors (Lipinski definition) is 3. The SMILES string of the molecule is CC(C)c1nn(C)c(Cl)c1C(O)c1cc2ccccc2o1. The van der Waals surface area contributed by atoms with E-state index in [1.54, 1.807) is 11.7 Å². The summed E-state index contributed by atoms with van der Waals surface area (Å²) in [6.07, 6.45) is -0.920. The Balaban J connectivity index is 2.11. The van der Waals surface area contributed by atoms with E-state index >= 15 is 0 Å². The summed E-state index contributed by atoms with van der Waals surface area (Å²) in [6.45, 7) is 4.04. The number of rotatable bonds is 3. The molecule has 0 bridgehead atoms. The Bertz CT molecular complexity index is 756. The van der Waals surface area contributed by atoms with Gasteiger partial charge in [-0.05, 0) is 18.1 Å². The van der Waals surface area contributed by atoms with Crippen molar-refractivity contribution in [1.82, 2.24) is 9.78 Å². The van der Waals surface area contributed by atoms with E-state index in [0.29, 0.717) is 16.5 Å². The molecule has 0 saturated carbocycles. The van der Waals surface area contributed by atoms with Crippen LogP contribution in [0, 0.1) is 0 Å². The van der Waals surface area contributed by atoms with E-state index in [0.717, 1.165) is 16.7 Å². The molecule has 1 atom stereocenters. The van der Waals surface area contributed by atoms with E-state index in [2.05, 4.69) is 5.10 Å². The molecule has 1 aromatic carbocycles. The van der Waals surface area contributed by atoms with Crippen LogP contribution in [-0.4, -0.2) is 14.9 Å². The predicted molar refractivity (Wildman–Crippen MR) is 82.6 cm³/mol. The van der Waals surface area contributed by atoms with Crippen LogP contribution in [0.1, 0.15) is 42.9 Å². The first-order chi connectivity index (χ1) is 9.99. The summed E-state index contributed by atoms with van der Waals surface area (Å²) < 4.78 is 7.32. The quantitative estimate of drug-likeness (QED) is 0.795. The molecule has 2 aromatic heterocycles. The highest BCUT2D eigenvalue weighted by Gasteiger charge is 2.27. The van der Waals surface area contributed by atoms with Crippen LogP contribution < -0.4 is 0 Å². The molecule has 0 fully saturated rings. The Morgan fingerprint density at radius 1 is 1.29 bits per heavy atom. The van der Waals surface area contributed by atoms with Gasteiger partial charge in [-0.25, -0.2) is 0 Å². The normalized spacial score (nSPS) is 13.2. The number of hydrogen-bond donors (Lipinski definition) is 1. The van der Waals surface area contributed by atoms with E-state index in [9.17, 15) is 5.11 Å². The molecule has 3 aromatic rings. The van der Waals surface area contributed by atoms with Crippen molar-refractivity contribution in [1.29, 1.82) is 0 Å². The molecule has 0 radical (unpaired) electrons. The Labute approximate surface area is 127 Å². The van der Waals surface area contributed by atoms with E-state index in [-0.39, 0.29) is 5.92 Å². The molecule has 4 nitrogen and oxygen atoms in total. The molecule has 110 valence electrons. The van der Waals surface area contributed by atoms with Gasteiger partial charge in [0.1, 0.15) is 22.6 Å². The Hall–Kier alpha value is -1.78. The summed E-state index contributed by atoms with van der Waals surface area (Å²) in [4.78, 5) is 0. The van der Waals surface area contributed by atoms with Gasteiger partial charge < -0.3 is 9.52 Å². The molecule has 0 aliphatic rings. The second-order valence-corrected chi connectivity index (χ2v) is 5.82. The monoisotopic (exact) mass is 304 g/mol. The third-order valence-corrected chi connectivity index (χ3v) is 4.02. The minimum atomic E-state index is -0.920. The second-order valence-electron chi connectivity index (χ2n) is 5.46. The molecular formula is C16H17ClN2O2. The van der Waals surface area contributed by atoms with E-state index in [4.69, 9.17) is 16.0 Å². The molecule has 0 aliphatic carbocycles. The van der Waals surface area contributed by atoms with Crippen LogP contribution in [0.15, 0.2) is 34.7 Å². The summed E-state index contributed by atoms with van der Waals surface area (Å²) in [6, 6.07) is 9.50. The molecular weight excluding hydrogens is 288 g/mol. The zero-order valence-electron chi connectivity index (χ0n) is 12.2. The number of fused-ring (bicyclic) bond motifs is 1. The van der Waals surface area contributed by atoms with Gasteiger partial charge in [-0.2, -0.15) is 5.10 Å². The third-order valence-electron chi connectivity index (χ3n) is 3.57. The van der Waals surface area contributed by atoms with Gasteiger partial charge in [-0.15, -0.1) is 0 Å². The number of para-hydroxylation sites is 1. The zero-order valence-corrected chi connectivity index (χ0v) is 12.9. The van der Waals surface area contributed by atoms with Crippen LogP contribution in [0.2, 0.25) is 5.15 Å². The molecule has 21 heavy (non-hydrogen) atoms. The molecule has 1 unspecified atom stereocenters. The van der Waals surface area contributed by atoms with Crippen LogP contribution in [0.4, 0.5) is 0 Å². The number of aromatic nitrogens is 2. The van der Waals surface area contributed by atoms with E-state index < -0.39 is 6.10 Å². The van der Waals surface area contributed by atoms with Crippen LogP contribution in [0.5, 0.6) is 0 Å². The molecule has 0 aliphatic heterocycles. The maximum atomic E-state index is 10.7. The molecule has 3 rings (SSSR count). The first-order valence-electron chi connectivity index (χ1n) is 6.88. The summed E-state index contributed by atoms with van der Waals surface area (Å²) in [5, 5.41) is 16.5. The largest absolute Gasteiger partial charge is 0.458 e. The lowest BCUT2D eigenvalue weighted by Crippen LogP contribution is -2.03. The standard InChI is InChI=1S/C16H17ClN2O2/c1-9(2)14-13(16(17)19(3)18-14)15(20)12-8-10-6-4-5-7-11(10)21-12/h4-9,15,20H,1-3H3. The van der Waals surface area contributed by atoms with Gasteiger partial charge in [0.25, 0.3) is 0 Å². The van der Waals surface area contributed by atoms with Gasteiger partial charge in [-0.3, -0.25) is 4.68 Å². The van der Waals surface area contributed by atoms with E-state index in [1.807, 2.05) is 44.2 Å². The lowest BCUT2D eigenvalue weighted by atomic mass is 10.0. The summed E-state index contributed by atoms with van der Waals surface area (Å²) in [7, 11) is 1.77. The van der Waals surface area contributed by atoms with Crippen molar-refractivity contribution >= 4 is 22.6 Å². The van der Waals surface area contributed by atoms with E-state index in [1.165, 1.54) is 0 Å². The molecule has 0 saturated heterocycles. The van der Waals surface area contributed by atoms with Crippen molar-refractivity contribution in [3.05, 3.63) is 52.5 Å². The molecule has 0 amide bonds. The van der Waals surface area contributed by atoms with Crippen LogP contribution in [0.25, 0.3) is 11.0 Å². The number of benzene rings is 1. The fourth-order valence-electron chi connectivity index (χ4n) is 2.50. The summed E-state index contributed by atoms with van der Waals surface area (Å²) in [5.74, 6) is 0.644. The van der Waals surface area contributed by atoms with Gasteiger partial charge in [0.15, 0.2) is 0 Å². The number of aliphatic hydroxyl groups is 1. The van der Waals surface area contributed by atoms with Gasteiger partial charge >= 0.3 is 0 Å².